The lowest BCUT2D eigenvalue weighted by Crippen LogP contribution is -2.43. The first-order valence-electron chi connectivity index (χ1n) is 9.44. The van der Waals surface area contributed by atoms with Crippen molar-refractivity contribution in [3.8, 4) is 0 Å². The Kier molecular flexibility index (Phi) is 3.81. The molecule has 0 atom stereocenters. The minimum Gasteiger partial charge on any atom is -0.450 e. The largest absolute Gasteiger partial charge is 0.450 e. The van der Waals surface area contributed by atoms with E-state index in [1.165, 1.54) is 4.90 Å². The summed E-state index contributed by atoms with van der Waals surface area (Å²) in [6.45, 7) is 0. The second-order valence-electron chi connectivity index (χ2n) is 7.31. The van der Waals surface area contributed by atoms with Gasteiger partial charge in [0.05, 0.1) is 0 Å². The Bertz CT molecular complexity index is 1020. The lowest BCUT2D eigenvalue weighted by Gasteiger charge is -2.33. The van der Waals surface area contributed by atoms with Crippen LogP contribution in [0.3, 0.4) is 0 Å². The summed E-state index contributed by atoms with van der Waals surface area (Å²) in [5, 5.41) is 4.46. The fourth-order valence-corrected chi connectivity index (χ4v) is 4.30. The van der Waals surface area contributed by atoms with E-state index in [0.717, 1.165) is 42.2 Å². The van der Waals surface area contributed by atoms with E-state index in [1.807, 2.05) is 24.3 Å². The number of anilines is 1. The van der Waals surface area contributed by atoms with Gasteiger partial charge in [0.2, 0.25) is 11.8 Å². The normalized spacial score (nSPS) is 23.5. The maximum Gasteiger partial charge on any atom is 0.229 e. The summed E-state index contributed by atoms with van der Waals surface area (Å²) in [5.41, 5.74) is 2.28. The molecule has 7 nitrogen and oxygen atoms in total. The average molecular weight is 364 g/mol. The van der Waals surface area contributed by atoms with Gasteiger partial charge in [0.1, 0.15) is 17.4 Å². The summed E-state index contributed by atoms with van der Waals surface area (Å²) in [4.78, 5) is 34.2. The number of rotatable bonds is 3. The van der Waals surface area contributed by atoms with Crippen LogP contribution in [0.15, 0.2) is 35.0 Å². The highest BCUT2D eigenvalue weighted by atomic mass is 16.3. The molecule has 2 fully saturated rings. The van der Waals surface area contributed by atoms with Gasteiger partial charge in [-0.2, -0.15) is 0 Å². The van der Waals surface area contributed by atoms with Gasteiger partial charge in [0.25, 0.3) is 0 Å². The molecule has 1 aliphatic heterocycles. The molecule has 138 valence electrons. The Balaban J connectivity index is 1.33. The number of nitrogens with zero attached hydrogens (tertiary/aromatic N) is 3. The number of likely N-dealkylation sites (tertiary alicyclic amines) is 1. The minimum absolute atomic E-state index is 0.0174. The molecule has 1 aromatic carbocycles. The van der Waals surface area contributed by atoms with Gasteiger partial charge in [-0.25, -0.2) is 9.97 Å². The zero-order valence-corrected chi connectivity index (χ0v) is 14.9. The molecule has 2 amide bonds. The lowest BCUT2D eigenvalue weighted by molar-refractivity contribution is -0.141. The van der Waals surface area contributed by atoms with Crippen LogP contribution in [0.5, 0.6) is 0 Å². The Morgan fingerprint density at radius 1 is 1.00 bits per heavy atom. The van der Waals surface area contributed by atoms with Crippen molar-refractivity contribution in [1.82, 2.24) is 14.9 Å². The van der Waals surface area contributed by atoms with Crippen LogP contribution in [-0.2, 0) is 9.59 Å². The molecule has 0 radical (unpaired) electrons. The van der Waals surface area contributed by atoms with Crippen molar-refractivity contribution in [2.45, 2.75) is 50.6 Å². The maximum absolute atomic E-state index is 11.9. The van der Waals surface area contributed by atoms with Crippen LogP contribution < -0.4 is 5.32 Å². The van der Waals surface area contributed by atoms with Crippen molar-refractivity contribution in [2.24, 2.45) is 0 Å². The molecular formula is C20H20N4O3. The van der Waals surface area contributed by atoms with Crippen molar-refractivity contribution in [1.29, 1.82) is 0 Å². The van der Waals surface area contributed by atoms with Crippen molar-refractivity contribution in [2.75, 3.05) is 5.32 Å². The van der Waals surface area contributed by atoms with Crippen LogP contribution >= 0.6 is 0 Å². The number of imide groups is 1. The van der Waals surface area contributed by atoms with Crippen LogP contribution in [0.4, 0.5) is 5.82 Å². The van der Waals surface area contributed by atoms with Gasteiger partial charge >= 0.3 is 0 Å². The van der Waals surface area contributed by atoms with E-state index in [1.54, 1.807) is 6.33 Å². The molecule has 2 aliphatic rings. The summed E-state index contributed by atoms with van der Waals surface area (Å²) < 4.78 is 5.97. The zero-order chi connectivity index (χ0) is 18.4. The van der Waals surface area contributed by atoms with E-state index in [0.29, 0.717) is 24.2 Å². The molecule has 1 aliphatic carbocycles. The number of benzene rings is 1. The Labute approximate surface area is 155 Å². The van der Waals surface area contributed by atoms with E-state index in [4.69, 9.17) is 4.42 Å². The molecule has 0 spiro atoms. The predicted octanol–water partition coefficient (Wildman–Crippen LogP) is 3.25. The monoisotopic (exact) mass is 364 g/mol. The highest BCUT2D eigenvalue weighted by molar-refractivity contribution is 6.05. The lowest BCUT2D eigenvalue weighted by atomic mass is 9.90. The van der Waals surface area contributed by atoms with Crippen LogP contribution in [0.1, 0.15) is 38.5 Å². The van der Waals surface area contributed by atoms with Crippen LogP contribution in [0.2, 0.25) is 0 Å². The van der Waals surface area contributed by atoms with Crippen LogP contribution in [0, 0.1) is 0 Å². The number of furan rings is 1. The third-order valence-corrected chi connectivity index (χ3v) is 5.65. The van der Waals surface area contributed by atoms with Crippen LogP contribution in [0.25, 0.3) is 22.1 Å². The molecule has 1 saturated carbocycles. The number of para-hydroxylation sites is 1. The number of hydrogen-bond acceptors (Lipinski definition) is 6. The standard InChI is InChI=1S/C20H20N4O3/c25-16-9-10-17(26)24(16)13-7-5-12(6-8-13)23-20-19-18(21-11-22-20)14-3-1-2-4-15(14)27-19/h1-4,11-13H,5-10H2,(H,21,22,23). The van der Waals surface area contributed by atoms with Gasteiger partial charge in [0.15, 0.2) is 11.4 Å². The first kappa shape index (κ1) is 16.2. The number of fused-ring (bicyclic) bond motifs is 3. The number of nitrogens with one attached hydrogen (secondary N) is 1. The second kappa shape index (κ2) is 6.33. The highest BCUT2D eigenvalue weighted by Crippen LogP contribution is 2.33. The SMILES string of the molecule is O=C1CCC(=O)N1C1CCC(Nc2ncnc3c2oc2ccccc23)CC1. The van der Waals surface area contributed by atoms with Crippen molar-refractivity contribution >= 4 is 39.7 Å². The van der Waals surface area contributed by atoms with E-state index in [-0.39, 0.29) is 23.9 Å². The number of hydrogen-bond donors (Lipinski definition) is 1. The first-order chi connectivity index (χ1) is 13.2. The summed E-state index contributed by atoms with van der Waals surface area (Å²) in [6, 6.07) is 8.10. The smallest absolute Gasteiger partial charge is 0.229 e. The quantitative estimate of drug-likeness (QED) is 0.718. The fourth-order valence-electron chi connectivity index (χ4n) is 4.30. The molecular weight excluding hydrogens is 344 g/mol. The molecule has 1 saturated heterocycles. The number of aromatic nitrogens is 2. The topological polar surface area (TPSA) is 88.3 Å². The molecule has 3 heterocycles. The second-order valence-corrected chi connectivity index (χ2v) is 7.31. The molecule has 0 unspecified atom stereocenters. The summed E-state index contributed by atoms with van der Waals surface area (Å²) in [6.07, 6.45) is 5.69. The number of amides is 2. The van der Waals surface area contributed by atoms with Gasteiger partial charge in [-0.3, -0.25) is 14.5 Å². The van der Waals surface area contributed by atoms with Crippen LogP contribution in [-0.4, -0.2) is 38.8 Å². The Morgan fingerprint density at radius 2 is 1.74 bits per heavy atom. The van der Waals surface area contributed by atoms with E-state index >= 15 is 0 Å². The van der Waals surface area contributed by atoms with E-state index < -0.39 is 0 Å². The minimum atomic E-state index is -0.0174. The van der Waals surface area contributed by atoms with Crippen molar-refractivity contribution < 1.29 is 14.0 Å². The molecule has 7 heteroatoms. The summed E-state index contributed by atoms with van der Waals surface area (Å²) in [7, 11) is 0. The molecule has 1 N–H and O–H groups in total. The predicted molar refractivity (Wildman–Crippen MR) is 100 cm³/mol. The molecule has 2 aromatic heterocycles. The van der Waals surface area contributed by atoms with Gasteiger partial charge in [-0.15, -0.1) is 0 Å². The van der Waals surface area contributed by atoms with Crippen molar-refractivity contribution in [3.05, 3.63) is 30.6 Å². The molecule has 5 rings (SSSR count). The van der Waals surface area contributed by atoms with E-state index in [9.17, 15) is 9.59 Å². The van der Waals surface area contributed by atoms with Gasteiger partial charge in [-0.05, 0) is 37.8 Å². The Morgan fingerprint density at radius 3 is 2.52 bits per heavy atom. The summed E-state index contributed by atoms with van der Waals surface area (Å²) in [5.74, 6) is 0.667. The number of carbonyl (C=O) groups is 2. The first-order valence-corrected chi connectivity index (χ1v) is 9.44. The van der Waals surface area contributed by atoms with Gasteiger partial charge < -0.3 is 9.73 Å². The Hall–Kier alpha value is -2.96. The van der Waals surface area contributed by atoms with Crippen molar-refractivity contribution in [3.63, 3.8) is 0 Å². The van der Waals surface area contributed by atoms with Gasteiger partial charge in [-0.1, -0.05) is 12.1 Å². The molecule has 27 heavy (non-hydrogen) atoms. The van der Waals surface area contributed by atoms with E-state index in [2.05, 4.69) is 15.3 Å². The van der Waals surface area contributed by atoms with Gasteiger partial charge in [0, 0.05) is 30.3 Å². The molecule has 0 bridgehead atoms. The maximum atomic E-state index is 11.9. The third-order valence-electron chi connectivity index (χ3n) is 5.65. The molecule has 3 aromatic rings. The fraction of sp³-hybridized carbons (Fsp3) is 0.400. The highest BCUT2D eigenvalue weighted by Gasteiger charge is 2.37. The average Bonchev–Trinajstić information content (AvgIpc) is 3.23. The summed E-state index contributed by atoms with van der Waals surface area (Å²) >= 11 is 0. The third kappa shape index (κ3) is 2.74. The zero-order valence-electron chi connectivity index (χ0n) is 14.9. The number of carbonyl (C=O) groups excluding carboxylic acids is 2.